The maximum Gasteiger partial charge on any atom is 0.338 e. The van der Waals surface area contributed by atoms with E-state index in [-0.39, 0.29) is 12.0 Å². The molecule has 0 aromatic heterocycles. The minimum atomic E-state index is -0.347. The number of nitrogens with one attached hydrogen (secondary N) is 2. The number of rotatable bonds is 7. The summed E-state index contributed by atoms with van der Waals surface area (Å²) in [7, 11) is 0. The van der Waals surface area contributed by atoms with E-state index in [0.717, 1.165) is 11.1 Å². The lowest BCUT2D eigenvalue weighted by Gasteiger charge is -2.08. The molecule has 0 spiro atoms. The number of urea groups is 1. The van der Waals surface area contributed by atoms with Gasteiger partial charge in [0, 0.05) is 18.1 Å². The molecule has 0 atom stereocenters. The first-order valence-electron chi connectivity index (χ1n) is 8.10. The smallest absolute Gasteiger partial charge is 0.338 e. The van der Waals surface area contributed by atoms with Crippen LogP contribution in [0.4, 0.5) is 4.79 Å². The van der Waals surface area contributed by atoms with E-state index in [9.17, 15) is 9.59 Å². The van der Waals surface area contributed by atoms with Crippen molar-refractivity contribution >= 4 is 23.6 Å². The second-order valence-corrected chi connectivity index (χ2v) is 5.84. The molecule has 0 unspecified atom stereocenters. The van der Waals surface area contributed by atoms with Crippen LogP contribution in [0.25, 0.3) is 0 Å². The first-order chi connectivity index (χ1) is 12.1. The molecule has 2 rings (SSSR count). The normalized spacial score (nSPS) is 10.2. The molecule has 0 aliphatic heterocycles. The van der Waals surface area contributed by atoms with Gasteiger partial charge in [-0.3, -0.25) is 0 Å². The van der Waals surface area contributed by atoms with E-state index >= 15 is 0 Å². The van der Waals surface area contributed by atoms with Crippen molar-refractivity contribution in [1.82, 2.24) is 10.6 Å². The fourth-order valence-corrected chi connectivity index (χ4v) is 2.44. The van der Waals surface area contributed by atoms with E-state index in [1.165, 1.54) is 0 Å². The quantitative estimate of drug-likeness (QED) is 0.742. The number of halogens is 1. The average molecular weight is 361 g/mol. The summed E-state index contributed by atoms with van der Waals surface area (Å²) in [6.07, 6.45) is 0.711. The molecule has 2 N–H and O–H groups in total. The van der Waals surface area contributed by atoms with E-state index in [2.05, 4.69) is 10.6 Å². The molecule has 2 amide bonds. The van der Waals surface area contributed by atoms with Gasteiger partial charge < -0.3 is 15.4 Å². The van der Waals surface area contributed by atoms with Gasteiger partial charge in [0.2, 0.25) is 0 Å². The monoisotopic (exact) mass is 360 g/mol. The summed E-state index contributed by atoms with van der Waals surface area (Å²) in [5.41, 5.74) is 2.47. The molecule has 2 aromatic rings. The van der Waals surface area contributed by atoms with Crippen LogP contribution in [-0.4, -0.2) is 25.2 Å². The number of amides is 2. The fourth-order valence-electron chi connectivity index (χ4n) is 2.23. The standard InChI is InChI=1S/C19H21ClN2O3/c1-2-25-18(23)16-8-6-15(7-9-16)13-22-19(24)21-11-10-14-4-3-5-17(20)12-14/h3-9,12H,2,10-11,13H2,1H3,(H2,21,22,24). The van der Waals surface area contributed by atoms with Gasteiger partial charge in [-0.15, -0.1) is 0 Å². The highest BCUT2D eigenvalue weighted by Gasteiger charge is 2.06. The third-order valence-corrected chi connectivity index (χ3v) is 3.74. The Balaban J connectivity index is 1.71. The second-order valence-electron chi connectivity index (χ2n) is 5.41. The lowest BCUT2D eigenvalue weighted by atomic mass is 10.1. The highest BCUT2D eigenvalue weighted by atomic mass is 35.5. The van der Waals surface area contributed by atoms with Crippen LogP contribution in [0.3, 0.4) is 0 Å². The highest BCUT2D eigenvalue weighted by molar-refractivity contribution is 6.30. The van der Waals surface area contributed by atoms with Crippen LogP contribution in [-0.2, 0) is 17.7 Å². The summed E-state index contributed by atoms with van der Waals surface area (Å²) in [6.45, 7) is 3.01. The maximum absolute atomic E-state index is 11.8. The Morgan fingerprint density at radius 1 is 1.04 bits per heavy atom. The lowest BCUT2D eigenvalue weighted by molar-refractivity contribution is 0.0526. The number of esters is 1. The van der Waals surface area contributed by atoms with Crippen LogP contribution in [0.2, 0.25) is 5.02 Å². The molecule has 0 fully saturated rings. The molecule has 0 aliphatic carbocycles. The van der Waals surface area contributed by atoms with Crippen LogP contribution < -0.4 is 10.6 Å². The molecule has 2 aromatic carbocycles. The Bertz CT molecular complexity index is 717. The van der Waals surface area contributed by atoms with Crippen molar-refractivity contribution in [2.45, 2.75) is 19.9 Å². The van der Waals surface area contributed by atoms with Gasteiger partial charge in [0.05, 0.1) is 12.2 Å². The van der Waals surface area contributed by atoms with Gasteiger partial charge in [0.1, 0.15) is 0 Å². The van der Waals surface area contributed by atoms with Crippen molar-refractivity contribution in [3.8, 4) is 0 Å². The molecule has 0 aliphatic rings. The largest absolute Gasteiger partial charge is 0.462 e. The van der Waals surface area contributed by atoms with E-state index in [1.807, 2.05) is 24.3 Å². The SMILES string of the molecule is CCOC(=O)c1ccc(CNC(=O)NCCc2cccc(Cl)c2)cc1. The van der Waals surface area contributed by atoms with Crippen LogP contribution in [0.5, 0.6) is 0 Å². The van der Waals surface area contributed by atoms with E-state index < -0.39 is 0 Å². The number of carbonyl (C=O) groups excluding carboxylic acids is 2. The predicted molar refractivity (Wildman–Crippen MR) is 97.8 cm³/mol. The molecule has 132 valence electrons. The zero-order valence-electron chi connectivity index (χ0n) is 14.0. The molecule has 6 heteroatoms. The minimum absolute atomic E-state index is 0.239. The number of carbonyl (C=O) groups is 2. The predicted octanol–water partition coefficient (Wildman–Crippen LogP) is 3.56. The first kappa shape index (κ1) is 18.8. The summed E-state index contributed by atoms with van der Waals surface area (Å²) in [5, 5.41) is 6.27. The molecular formula is C19H21ClN2O3. The molecule has 0 heterocycles. The topological polar surface area (TPSA) is 67.4 Å². The van der Waals surface area contributed by atoms with Crippen LogP contribution in [0.1, 0.15) is 28.4 Å². The number of ether oxygens (including phenoxy) is 1. The molecule has 0 radical (unpaired) electrons. The Hall–Kier alpha value is -2.53. The van der Waals surface area contributed by atoms with Crippen molar-refractivity contribution in [2.75, 3.05) is 13.2 Å². The van der Waals surface area contributed by atoms with Crippen molar-refractivity contribution in [2.24, 2.45) is 0 Å². The van der Waals surface area contributed by atoms with Gasteiger partial charge in [0.15, 0.2) is 0 Å². The minimum Gasteiger partial charge on any atom is -0.462 e. The van der Waals surface area contributed by atoms with Gasteiger partial charge in [0.25, 0.3) is 0 Å². The second kappa shape index (κ2) is 9.69. The van der Waals surface area contributed by atoms with E-state index in [4.69, 9.17) is 16.3 Å². The van der Waals surface area contributed by atoms with Crippen molar-refractivity contribution in [3.63, 3.8) is 0 Å². The maximum atomic E-state index is 11.8. The van der Waals surface area contributed by atoms with Gasteiger partial charge in [-0.1, -0.05) is 35.9 Å². The third-order valence-electron chi connectivity index (χ3n) is 3.51. The number of hydrogen-bond donors (Lipinski definition) is 2. The Kier molecular flexibility index (Phi) is 7.29. The van der Waals surface area contributed by atoms with Crippen molar-refractivity contribution < 1.29 is 14.3 Å². The summed E-state index contributed by atoms with van der Waals surface area (Å²) in [5.74, 6) is -0.347. The lowest BCUT2D eigenvalue weighted by Crippen LogP contribution is -2.36. The molecule has 0 saturated carbocycles. The third kappa shape index (κ3) is 6.47. The molecule has 25 heavy (non-hydrogen) atoms. The van der Waals surface area contributed by atoms with Crippen molar-refractivity contribution in [3.05, 3.63) is 70.2 Å². The van der Waals surface area contributed by atoms with Gasteiger partial charge >= 0.3 is 12.0 Å². The average Bonchev–Trinajstić information content (AvgIpc) is 2.61. The zero-order valence-corrected chi connectivity index (χ0v) is 14.8. The molecule has 0 saturated heterocycles. The Morgan fingerprint density at radius 3 is 2.48 bits per heavy atom. The van der Waals surface area contributed by atoms with Crippen molar-refractivity contribution in [1.29, 1.82) is 0 Å². The first-order valence-corrected chi connectivity index (χ1v) is 8.48. The number of hydrogen-bond acceptors (Lipinski definition) is 3. The summed E-state index contributed by atoms with van der Waals surface area (Å²) >= 11 is 5.92. The van der Waals surface area contributed by atoms with Gasteiger partial charge in [-0.05, 0) is 48.7 Å². The van der Waals surface area contributed by atoms with Crippen LogP contribution in [0, 0.1) is 0 Å². The summed E-state index contributed by atoms with van der Waals surface area (Å²) in [6, 6.07) is 14.3. The Labute approximate surface area is 152 Å². The van der Waals surface area contributed by atoms with Gasteiger partial charge in [-0.25, -0.2) is 9.59 Å². The summed E-state index contributed by atoms with van der Waals surface area (Å²) in [4.78, 5) is 23.4. The van der Waals surface area contributed by atoms with Crippen LogP contribution >= 0.6 is 11.6 Å². The van der Waals surface area contributed by atoms with Gasteiger partial charge in [-0.2, -0.15) is 0 Å². The van der Waals surface area contributed by atoms with E-state index in [1.54, 1.807) is 31.2 Å². The Morgan fingerprint density at radius 2 is 1.80 bits per heavy atom. The molecule has 5 nitrogen and oxygen atoms in total. The summed E-state index contributed by atoms with van der Waals surface area (Å²) < 4.78 is 4.93. The van der Waals surface area contributed by atoms with E-state index in [0.29, 0.717) is 36.7 Å². The van der Waals surface area contributed by atoms with Crippen LogP contribution in [0.15, 0.2) is 48.5 Å². The molecule has 0 bridgehead atoms. The number of benzene rings is 2. The highest BCUT2D eigenvalue weighted by Crippen LogP contribution is 2.10. The fraction of sp³-hybridized carbons (Fsp3) is 0.263. The zero-order chi connectivity index (χ0) is 18.1. The molecular weight excluding hydrogens is 340 g/mol.